The van der Waals surface area contributed by atoms with Gasteiger partial charge in [-0.2, -0.15) is 0 Å². The van der Waals surface area contributed by atoms with Crippen molar-refractivity contribution in [1.29, 1.82) is 0 Å². The summed E-state index contributed by atoms with van der Waals surface area (Å²) < 4.78 is 5.70. The molecular weight excluding hydrogens is 270 g/mol. The van der Waals surface area contributed by atoms with Crippen LogP contribution in [0.5, 0.6) is 5.75 Å². The van der Waals surface area contributed by atoms with Crippen LogP contribution < -0.4 is 4.74 Å². The van der Waals surface area contributed by atoms with Gasteiger partial charge in [0.25, 0.3) is 0 Å². The van der Waals surface area contributed by atoms with Crippen molar-refractivity contribution in [3.8, 4) is 5.75 Å². The fraction of sp³-hybridized carbons (Fsp3) is 0.350. The third-order valence-corrected chi connectivity index (χ3v) is 5.53. The molecule has 0 radical (unpaired) electrons. The predicted molar refractivity (Wildman–Crippen MR) is 90.9 cm³/mol. The van der Waals surface area contributed by atoms with Gasteiger partial charge >= 0.3 is 0 Å². The number of rotatable bonds is 1. The molecule has 22 heavy (non-hydrogen) atoms. The summed E-state index contributed by atoms with van der Waals surface area (Å²) in [7, 11) is 1.77. The highest BCUT2D eigenvalue weighted by molar-refractivity contribution is 6.16. The van der Waals surface area contributed by atoms with E-state index in [1.807, 2.05) is 0 Å². The molecule has 2 aromatic rings. The second-order valence-corrected chi connectivity index (χ2v) is 6.76. The van der Waals surface area contributed by atoms with E-state index in [4.69, 9.17) is 9.73 Å². The highest BCUT2D eigenvalue weighted by Crippen LogP contribution is 2.53. The topological polar surface area (TPSA) is 21.6 Å². The minimum absolute atomic E-state index is 0.0190. The lowest BCUT2D eigenvalue weighted by Gasteiger charge is -2.26. The summed E-state index contributed by atoms with van der Waals surface area (Å²) in [5.41, 5.74) is 10.2. The number of fused-ring (bicyclic) bond motifs is 5. The number of aliphatic imine (C=N–C) groups is 1. The van der Waals surface area contributed by atoms with E-state index in [-0.39, 0.29) is 5.41 Å². The minimum atomic E-state index is -0.0190. The van der Waals surface area contributed by atoms with Crippen LogP contribution >= 0.6 is 0 Å². The van der Waals surface area contributed by atoms with Crippen LogP contribution in [0.1, 0.15) is 40.3 Å². The first-order valence-electron chi connectivity index (χ1n) is 7.84. The molecule has 0 saturated carbocycles. The van der Waals surface area contributed by atoms with Crippen LogP contribution in [0.3, 0.4) is 0 Å². The molecule has 0 saturated heterocycles. The normalized spacial score (nSPS) is 21.2. The van der Waals surface area contributed by atoms with Gasteiger partial charge < -0.3 is 4.74 Å². The monoisotopic (exact) mass is 291 g/mol. The van der Waals surface area contributed by atoms with E-state index in [1.165, 1.54) is 44.8 Å². The number of hydrogen-bond acceptors (Lipinski definition) is 2. The molecule has 0 fully saturated rings. The largest absolute Gasteiger partial charge is 0.496 e. The maximum atomic E-state index is 5.70. The molecule has 0 bridgehead atoms. The highest BCUT2D eigenvalue weighted by atomic mass is 16.5. The first kappa shape index (κ1) is 13.6. The van der Waals surface area contributed by atoms with Crippen LogP contribution in [0.4, 0.5) is 5.69 Å². The van der Waals surface area contributed by atoms with Crippen LogP contribution in [0.2, 0.25) is 0 Å². The van der Waals surface area contributed by atoms with E-state index in [2.05, 4.69) is 52.0 Å². The molecule has 1 aliphatic carbocycles. The zero-order valence-corrected chi connectivity index (χ0v) is 13.9. The Morgan fingerprint density at radius 2 is 1.77 bits per heavy atom. The first-order chi connectivity index (χ1) is 10.5. The summed E-state index contributed by atoms with van der Waals surface area (Å²) in [6.45, 7) is 8.80. The maximum Gasteiger partial charge on any atom is 0.125 e. The number of methoxy groups -OCH3 is 1. The smallest absolute Gasteiger partial charge is 0.125 e. The van der Waals surface area contributed by atoms with Crippen molar-refractivity contribution in [3.63, 3.8) is 0 Å². The second kappa shape index (κ2) is 4.22. The zero-order chi connectivity index (χ0) is 15.6. The Balaban J connectivity index is 2.06. The molecule has 2 heteroatoms. The quantitative estimate of drug-likeness (QED) is 0.754. The Morgan fingerprint density at radius 1 is 1.05 bits per heavy atom. The van der Waals surface area contributed by atoms with E-state index >= 15 is 0 Å². The Hall–Kier alpha value is -2.09. The molecule has 0 aromatic heterocycles. The second-order valence-electron chi connectivity index (χ2n) is 6.76. The predicted octanol–water partition coefficient (Wildman–Crippen LogP) is 4.57. The molecule has 0 N–H and O–H groups in total. The van der Waals surface area contributed by atoms with Crippen LogP contribution in [0.25, 0.3) is 0 Å². The summed E-state index contributed by atoms with van der Waals surface area (Å²) in [6.07, 6.45) is 1.03. The third-order valence-electron chi connectivity index (χ3n) is 5.53. The van der Waals surface area contributed by atoms with Gasteiger partial charge in [-0.3, -0.25) is 4.99 Å². The van der Waals surface area contributed by atoms with Crippen molar-refractivity contribution >= 4 is 11.4 Å². The van der Waals surface area contributed by atoms with E-state index in [0.29, 0.717) is 0 Å². The van der Waals surface area contributed by atoms with Crippen molar-refractivity contribution in [2.75, 3.05) is 7.11 Å². The molecule has 1 aliphatic heterocycles. The molecule has 1 unspecified atom stereocenters. The van der Waals surface area contributed by atoms with Crippen molar-refractivity contribution < 1.29 is 4.74 Å². The van der Waals surface area contributed by atoms with Gasteiger partial charge in [-0.1, -0.05) is 24.3 Å². The van der Waals surface area contributed by atoms with Crippen LogP contribution in [0, 0.1) is 20.8 Å². The number of benzene rings is 2. The highest BCUT2D eigenvalue weighted by Gasteiger charge is 2.47. The van der Waals surface area contributed by atoms with Gasteiger partial charge in [0, 0.05) is 11.0 Å². The lowest BCUT2D eigenvalue weighted by molar-refractivity contribution is 0.406. The van der Waals surface area contributed by atoms with Gasteiger partial charge in [-0.25, -0.2) is 0 Å². The van der Waals surface area contributed by atoms with E-state index in [1.54, 1.807) is 7.11 Å². The van der Waals surface area contributed by atoms with Gasteiger partial charge in [0.1, 0.15) is 5.75 Å². The van der Waals surface area contributed by atoms with Gasteiger partial charge in [0.15, 0.2) is 0 Å². The Labute approximate surface area is 131 Å². The third kappa shape index (κ3) is 1.43. The van der Waals surface area contributed by atoms with Gasteiger partial charge in [0.05, 0.1) is 18.5 Å². The fourth-order valence-corrected chi connectivity index (χ4v) is 4.40. The minimum Gasteiger partial charge on any atom is -0.496 e. The summed E-state index contributed by atoms with van der Waals surface area (Å²) in [6, 6.07) is 8.68. The Bertz CT molecular complexity index is 847. The molecule has 112 valence electrons. The molecule has 4 rings (SSSR count). The molecule has 0 amide bonds. The lowest BCUT2D eigenvalue weighted by atomic mass is 9.76. The number of ether oxygens (including phenoxy) is 1. The standard InChI is InChI=1S/C20H21NO/c1-11-12(2)18(22-5)13(3)16-17(11)21-19-15-9-7-6-8-14(15)10-20(16,19)4/h6-9H,10H2,1-5H3. The van der Waals surface area contributed by atoms with Crippen molar-refractivity contribution in [2.24, 2.45) is 4.99 Å². The molecular formula is C20H21NO. The van der Waals surface area contributed by atoms with E-state index in [9.17, 15) is 0 Å². The molecule has 1 atom stereocenters. The van der Waals surface area contributed by atoms with E-state index < -0.39 is 0 Å². The van der Waals surface area contributed by atoms with Gasteiger partial charge in [-0.15, -0.1) is 0 Å². The van der Waals surface area contributed by atoms with Gasteiger partial charge in [0.2, 0.25) is 0 Å². The molecule has 1 heterocycles. The van der Waals surface area contributed by atoms with Crippen molar-refractivity contribution in [1.82, 2.24) is 0 Å². The molecule has 2 nitrogen and oxygen atoms in total. The number of hydrogen-bond donors (Lipinski definition) is 0. The number of nitrogens with zero attached hydrogens (tertiary/aromatic N) is 1. The maximum absolute atomic E-state index is 5.70. The SMILES string of the molecule is COc1c(C)c(C)c2c(c1C)C1(C)Cc3ccccc3C1=N2. The molecule has 2 aromatic carbocycles. The summed E-state index contributed by atoms with van der Waals surface area (Å²) in [4.78, 5) is 5.08. The lowest BCUT2D eigenvalue weighted by Crippen LogP contribution is -2.27. The summed E-state index contributed by atoms with van der Waals surface area (Å²) in [5, 5.41) is 0. The Kier molecular flexibility index (Phi) is 2.60. The first-order valence-corrected chi connectivity index (χ1v) is 7.84. The average Bonchev–Trinajstić information content (AvgIpc) is 2.94. The van der Waals surface area contributed by atoms with Crippen LogP contribution in [-0.4, -0.2) is 12.8 Å². The van der Waals surface area contributed by atoms with Crippen LogP contribution in [0.15, 0.2) is 29.3 Å². The summed E-state index contributed by atoms with van der Waals surface area (Å²) >= 11 is 0. The van der Waals surface area contributed by atoms with Gasteiger partial charge in [-0.05, 0) is 61.9 Å². The fourth-order valence-electron chi connectivity index (χ4n) is 4.40. The summed E-state index contributed by atoms with van der Waals surface area (Å²) in [5.74, 6) is 1.02. The molecule has 2 aliphatic rings. The van der Waals surface area contributed by atoms with Crippen molar-refractivity contribution in [2.45, 2.75) is 39.5 Å². The van der Waals surface area contributed by atoms with E-state index in [0.717, 1.165) is 12.2 Å². The Morgan fingerprint density at radius 3 is 2.50 bits per heavy atom. The molecule has 0 spiro atoms. The zero-order valence-electron chi connectivity index (χ0n) is 13.9. The van der Waals surface area contributed by atoms with Crippen LogP contribution in [-0.2, 0) is 11.8 Å². The average molecular weight is 291 g/mol. The van der Waals surface area contributed by atoms with Crippen molar-refractivity contribution in [3.05, 3.63) is 57.6 Å².